The largest absolute Gasteiger partial charge is 0.382 e. The molecule has 1 aliphatic heterocycles. The first kappa shape index (κ1) is 12.1. The van der Waals surface area contributed by atoms with Crippen LogP contribution in [0.15, 0.2) is 18.2 Å². The Morgan fingerprint density at radius 3 is 2.78 bits per heavy atom. The van der Waals surface area contributed by atoms with E-state index in [1.807, 2.05) is 0 Å². The molecule has 1 aromatic carbocycles. The first-order chi connectivity index (χ1) is 8.50. The van der Waals surface area contributed by atoms with Crippen LogP contribution in [0.4, 0.5) is 5.69 Å². The summed E-state index contributed by atoms with van der Waals surface area (Å²) in [6.07, 6.45) is 4.11. The lowest BCUT2D eigenvalue weighted by Gasteiger charge is -2.50. The van der Waals surface area contributed by atoms with Gasteiger partial charge in [-0.25, -0.2) is 0 Å². The lowest BCUT2D eigenvalue weighted by molar-refractivity contribution is 0.173. The standard InChI is InChI=1S/C17H25N/c1-11-8-9-13-15(10-11)18-16-12(2)6-5-7-14(16)17(13,3)4/h5-7,11,13,15,18H,8-10H2,1-4H3/t11-,13-,15-/m0/s1. The summed E-state index contributed by atoms with van der Waals surface area (Å²) >= 11 is 0. The van der Waals surface area contributed by atoms with Crippen LogP contribution in [0.1, 0.15) is 51.2 Å². The minimum absolute atomic E-state index is 0.317. The molecule has 1 saturated carbocycles. The van der Waals surface area contributed by atoms with Crippen molar-refractivity contribution in [3.05, 3.63) is 29.3 Å². The molecule has 0 amide bonds. The monoisotopic (exact) mass is 243 g/mol. The smallest absolute Gasteiger partial charge is 0.0410 e. The molecule has 18 heavy (non-hydrogen) atoms. The molecular formula is C17H25N. The maximum absolute atomic E-state index is 3.85. The van der Waals surface area contributed by atoms with Crippen LogP contribution < -0.4 is 5.32 Å². The Morgan fingerprint density at radius 1 is 1.22 bits per heavy atom. The zero-order valence-electron chi connectivity index (χ0n) is 12.1. The van der Waals surface area contributed by atoms with Gasteiger partial charge in [-0.1, -0.05) is 45.4 Å². The van der Waals surface area contributed by atoms with Gasteiger partial charge in [0.05, 0.1) is 0 Å². The molecule has 0 spiro atoms. The molecule has 1 N–H and O–H groups in total. The third kappa shape index (κ3) is 1.67. The average Bonchev–Trinajstić information content (AvgIpc) is 2.30. The summed E-state index contributed by atoms with van der Waals surface area (Å²) in [7, 11) is 0. The van der Waals surface area contributed by atoms with Gasteiger partial charge in [-0.05, 0) is 48.1 Å². The lowest BCUT2D eigenvalue weighted by Crippen LogP contribution is -2.49. The minimum atomic E-state index is 0.317. The number of hydrogen-bond donors (Lipinski definition) is 1. The van der Waals surface area contributed by atoms with Crippen LogP contribution in [0, 0.1) is 18.8 Å². The van der Waals surface area contributed by atoms with Crippen LogP contribution in [0.25, 0.3) is 0 Å². The van der Waals surface area contributed by atoms with Crippen molar-refractivity contribution in [2.24, 2.45) is 11.8 Å². The second kappa shape index (κ2) is 4.01. The van der Waals surface area contributed by atoms with E-state index in [-0.39, 0.29) is 0 Å². The average molecular weight is 243 g/mol. The second-order valence-corrected chi connectivity index (χ2v) is 6.99. The van der Waals surface area contributed by atoms with Crippen molar-refractivity contribution in [2.75, 3.05) is 5.32 Å². The highest BCUT2D eigenvalue weighted by Crippen LogP contribution is 2.49. The molecule has 1 aromatic rings. The quantitative estimate of drug-likeness (QED) is 0.707. The fourth-order valence-corrected chi connectivity index (χ4v) is 4.19. The maximum atomic E-state index is 3.85. The Bertz CT molecular complexity index is 461. The van der Waals surface area contributed by atoms with E-state index in [0.717, 1.165) is 11.8 Å². The topological polar surface area (TPSA) is 12.0 Å². The molecule has 3 atom stereocenters. The fourth-order valence-electron chi connectivity index (χ4n) is 4.19. The van der Waals surface area contributed by atoms with E-state index in [4.69, 9.17) is 0 Å². The highest BCUT2D eigenvalue weighted by Gasteiger charge is 2.44. The Kier molecular flexibility index (Phi) is 2.69. The summed E-state index contributed by atoms with van der Waals surface area (Å²) in [6, 6.07) is 7.44. The van der Waals surface area contributed by atoms with Crippen LogP contribution in [0.5, 0.6) is 0 Å². The number of nitrogens with one attached hydrogen (secondary N) is 1. The van der Waals surface area contributed by atoms with E-state index >= 15 is 0 Å². The highest BCUT2D eigenvalue weighted by atomic mass is 15.0. The Labute approximate surface area is 111 Å². The molecular weight excluding hydrogens is 218 g/mol. The number of aryl methyl sites for hydroxylation is 1. The number of rotatable bonds is 0. The minimum Gasteiger partial charge on any atom is -0.382 e. The van der Waals surface area contributed by atoms with Crippen molar-refractivity contribution in [3.63, 3.8) is 0 Å². The van der Waals surface area contributed by atoms with Crippen molar-refractivity contribution in [3.8, 4) is 0 Å². The van der Waals surface area contributed by atoms with Crippen LogP contribution in [-0.2, 0) is 5.41 Å². The third-order valence-electron chi connectivity index (χ3n) is 5.34. The summed E-state index contributed by atoms with van der Waals surface area (Å²) in [5.41, 5.74) is 4.66. The molecule has 1 fully saturated rings. The molecule has 0 radical (unpaired) electrons. The predicted molar refractivity (Wildman–Crippen MR) is 78.1 cm³/mol. The van der Waals surface area contributed by atoms with Gasteiger partial charge in [-0.2, -0.15) is 0 Å². The number of anilines is 1. The van der Waals surface area contributed by atoms with Crippen molar-refractivity contribution in [1.29, 1.82) is 0 Å². The van der Waals surface area contributed by atoms with Crippen molar-refractivity contribution in [2.45, 2.75) is 58.4 Å². The molecule has 2 aliphatic rings. The van der Waals surface area contributed by atoms with E-state index in [9.17, 15) is 0 Å². The zero-order valence-corrected chi connectivity index (χ0v) is 12.1. The van der Waals surface area contributed by atoms with Gasteiger partial charge in [0.2, 0.25) is 0 Å². The fraction of sp³-hybridized carbons (Fsp3) is 0.647. The number of fused-ring (bicyclic) bond motifs is 2. The Morgan fingerprint density at radius 2 is 2.00 bits per heavy atom. The Balaban J connectivity index is 2.07. The molecule has 1 nitrogen and oxygen atoms in total. The molecule has 0 saturated heterocycles. The normalized spacial score (nSPS) is 33.2. The van der Waals surface area contributed by atoms with Crippen molar-refractivity contribution >= 4 is 5.69 Å². The molecule has 0 unspecified atom stereocenters. The number of hydrogen-bond acceptors (Lipinski definition) is 1. The molecule has 1 heteroatoms. The van der Waals surface area contributed by atoms with Crippen molar-refractivity contribution in [1.82, 2.24) is 0 Å². The summed E-state index contributed by atoms with van der Waals surface area (Å²) in [5, 5.41) is 3.85. The Hall–Kier alpha value is -0.980. The summed E-state index contributed by atoms with van der Waals surface area (Å²) in [6.45, 7) is 9.52. The molecule has 1 heterocycles. The van der Waals surface area contributed by atoms with Gasteiger partial charge in [0.25, 0.3) is 0 Å². The first-order valence-corrected chi connectivity index (χ1v) is 7.37. The van der Waals surface area contributed by atoms with Crippen LogP contribution >= 0.6 is 0 Å². The SMILES string of the molecule is Cc1cccc2c1N[C@H]1C[C@@H](C)CC[C@@H]1C2(C)C. The van der Waals surface area contributed by atoms with E-state index in [0.29, 0.717) is 11.5 Å². The molecule has 3 rings (SSSR count). The number of benzene rings is 1. The van der Waals surface area contributed by atoms with E-state index < -0.39 is 0 Å². The molecule has 0 bridgehead atoms. The van der Waals surface area contributed by atoms with Gasteiger partial charge < -0.3 is 5.32 Å². The van der Waals surface area contributed by atoms with Gasteiger partial charge in [0.15, 0.2) is 0 Å². The van der Waals surface area contributed by atoms with Gasteiger partial charge >= 0.3 is 0 Å². The van der Waals surface area contributed by atoms with Crippen LogP contribution in [0.3, 0.4) is 0 Å². The van der Waals surface area contributed by atoms with E-state index in [1.165, 1.54) is 36.1 Å². The summed E-state index contributed by atoms with van der Waals surface area (Å²) in [5.74, 6) is 1.67. The summed E-state index contributed by atoms with van der Waals surface area (Å²) < 4.78 is 0. The van der Waals surface area contributed by atoms with Crippen LogP contribution in [-0.4, -0.2) is 6.04 Å². The van der Waals surface area contributed by atoms with Gasteiger partial charge in [0, 0.05) is 11.7 Å². The highest BCUT2D eigenvalue weighted by molar-refractivity contribution is 5.63. The maximum Gasteiger partial charge on any atom is 0.0410 e. The predicted octanol–water partition coefficient (Wildman–Crippen LogP) is 4.50. The van der Waals surface area contributed by atoms with Crippen molar-refractivity contribution < 1.29 is 0 Å². The summed E-state index contributed by atoms with van der Waals surface area (Å²) in [4.78, 5) is 0. The molecule has 0 aromatic heterocycles. The molecule has 1 aliphatic carbocycles. The van der Waals surface area contributed by atoms with E-state index in [1.54, 1.807) is 0 Å². The second-order valence-electron chi connectivity index (χ2n) is 6.99. The lowest BCUT2D eigenvalue weighted by atomic mass is 9.61. The van der Waals surface area contributed by atoms with Crippen LogP contribution in [0.2, 0.25) is 0 Å². The van der Waals surface area contributed by atoms with Gasteiger partial charge in [-0.3, -0.25) is 0 Å². The van der Waals surface area contributed by atoms with Gasteiger partial charge in [-0.15, -0.1) is 0 Å². The third-order valence-corrected chi connectivity index (χ3v) is 5.34. The molecule has 98 valence electrons. The number of para-hydroxylation sites is 1. The van der Waals surface area contributed by atoms with E-state index in [2.05, 4.69) is 51.2 Å². The van der Waals surface area contributed by atoms with Gasteiger partial charge in [0.1, 0.15) is 0 Å². The first-order valence-electron chi connectivity index (χ1n) is 7.37. The zero-order chi connectivity index (χ0) is 12.9.